The first-order valence-corrected chi connectivity index (χ1v) is 4.80. The Labute approximate surface area is 87.7 Å². The summed E-state index contributed by atoms with van der Waals surface area (Å²) in [6.07, 6.45) is 4.88. The lowest BCUT2D eigenvalue weighted by Crippen LogP contribution is -2.43. The molecule has 1 aromatic rings. The molecule has 5 heteroatoms. The molecule has 0 aromatic carbocycles. The van der Waals surface area contributed by atoms with Gasteiger partial charge in [-0.2, -0.15) is 0 Å². The average molecular weight is 207 g/mol. The van der Waals surface area contributed by atoms with E-state index in [1.165, 1.54) is 13.4 Å². The average Bonchev–Trinajstić information content (AvgIpc) is 3.09. The van der Waals surface area contributed by atoms with Gasteiger partial charge in [0, 0.05) is 11.6 Å². The molecular formula is C10H13N3O2. The van der Waals surface area contributed by atoms with Crippen LogP contribution in [0.25, 0.3) is 0 Å². The van der Waals surface area contributed by atoms with E-state index < -0.39 is 6.04 Å². The maximum absolute atomic E-state index is 11.4. The van der Waals surface area contributed by atoms with E-state index >= 15 is 0 Å². The van der Waals surface area contributed by atoms with Crippen molar-refractivity contribution in [3.8, 4) is 0 Å². The lowest BCUT2D eigenvalue weighted by Gasteiger charge is -2.19. The first-order valence-electron chi connectivity index (χ1n) is 4.80. The first kappa shape index (κ1) is 10.0. The molecule has 0 aliphatic heterocycles. The van der Waals surface area contributed by atoms with Crippen LogP contribution in [-0.2, 0) is 14.9 Å². The molecule has 0 spiro atoms. The summed E-state index contributed by atoms with van der Waals surface area (Å²) in [5.74, 6) is -0.383. The molecule has 0 saturated heterocycles. The standard InChI is InChI=1S/C10H13N3O2/c1-15-9(14)8(11)10(3-4-10)7-2-5-12-6-13-7/h2,5-6,8H,3-4,11H2,1H3. The fourth-order valence-corrected chi connectivity index (χ4v) is 1.80. The molecular weight excluding hydrogens is 194 g/mol. The van der Waals surface area contributed by atoms with E-state index in [0.717, 1.165) is 18.5 Å². The number of aromatic nitrogens is 2. The third-order valence-corrected chi connectivity index (χ3v) is 2.93. The number of methoxy groups -OCH3 is 1. The minimum Gasteiger partial charge on any atom is -0.468 e. The molecule has 15 heavy (non-hydrogen) atoms. The Morgan fingerprint density at radius 1 is 1.67 bits per heavy atom. The molecule has 1 heterocycles. The zero-order valence-electron chi connectivity index (χ0n) is 8.51. The number of hydrogen-bond donors (Lipinski definition) is 1. The predicted octanol–water partition coefficient (Wildman–Crippen LogP) is 0.00850. The smallest absolute Gasteiger partial charge is 0.323 e. The van der Waals surface area contributed by atoms with E-state index in [9.17, 15) is 4.79 Å². The van der Waals surface area contributed by atoms with E-state index in [-0.39, 0.29) is 11.4 Å². The highest BCUT2D eigenvalue weighted by Crippen LogP contribution is 2.49. The maximum Gasteiger partial charge on any atom is 0.323 e. The van der Waals surface area contributed by atoms with Crippen LogP contribution in [0.2, 0.25) is 0 Å². The Hall–Kier alpha value is -1.49. The highest BCUT2D eigenvalue weighted by atomic mass is 16.5. The number of nitrogens with zero attached hydrogens (tertiary/aromatic N) is 2. The van der Waals surface area contributed by atoms with Gasteiger partial charge in [-0.25, -0.2) is 9.97 Å². The second-order valence-electron chi connectivity index (χ2n) is 3.75. The zero-order chi connectivity index (χ0) is 10.9. The second-order valence-corrected chi connectivity index (χ2v) is 3.75. The molecule has 1 saturated carbocycles. The molecule has 0 amide bonds. The summed E-state index contributed by atoms with van der Waals surface area (Å²) in [6.45, 7) is 0. The molecule has 1 aliphatic carbocycles. The molecule has 1 aliphatic rings. The molecule has 2 rings (SSSR count). The van der Waals surface area contributed by atoms with Crippen LogP contribution in [0, 0.1) is 0 Å². The Bertz CT molecular complexity index is 362. The quantitative estimate of drug-likeness (QED) is 0.706. The normalized spacial score (nSPS) is 19.3. The molecule has 1 aromatic heterocycles. The summed E-state index contributed by atoms with van der Waals surface area (Å²) < 4.78 is 4.65. The van der Waals surface area contributed by atoms with E-state index in [4.69, 9.17) is 5.73 Å². The molecule has 1 atom stereocenters. The summed E-state index contributed by atoms with van der Waals surface area (Å²) >= 11 is 0. The Morgan fingerprint density at radius 2 is 2.40 bits per heavy atom. The summed E-state index contributed by atoms with van der Waals surface area (Å²) in [7, 11) is 1.35. The lowest BCUT2D eigenvalue weighted by atomic mass is 9.93. The Morgan fingerprint density at radius 3 is 2.87 bits per heavy atom. The molecule has 0 bridgehead atoms. The molecule has 2 N–H and O–H groups in total. The summed E-state index contributed by atoms with van der Waals surface area (Å²) in [4.78, 5) is 19.4. The van der Waals surface area contributed by atoms with Crippen LogP contribution in [0.3, 0.4) is 0 Å². The van der Waals surface area contributed by atoms with Gasteiger partial charge in [0.05, 0.1) is 12.8 Å². The van der Waals surface area contributed by atoms with Crippen LogP contribution < -0.4 is 5.73 Å². The van der Waals surface area contributed by atoms with Crippen LogP contribution >= 0.6 is 0 Å². The molecule has 5 nitrogen and oxygen atoms in total. The predicted molar refractivity (Wildman–Crippen MR) is 52.9 cm³/mol. The van der Waals surface area contributed by atoms with Crippen LogP contribution in [-0.4, -0.2) is 29.1 Å². The summed E-state index contributed by atoms with van der Waals surface area (Å²) in [6, 6.07) is 1.17. The number of carbonyl (C=O) groups excluding carboxylic acids is 1. The minimum atomic E-state index is -0.627. The highest BCUT2D eigenvalue weighted by Gasteiger charge is 2.53. The first-order chi connectivity index (χ1) is 7.20. The van der Waals surface area contributed by atoms with Crippen molar-refractivity contribution in [3.05, 3.63) is 24.3 Å². The SMILES string of the molecule is COC(=O)C(N)C1(c2ccncn2)CC1. The van der Waals surface area contributed by atoms with E-state index in [1.54, 1.807) is 12.3 Å². The topological polar surface area (TPSA) is 78.1 Å². The number of esters is 1. The Kier molecular flexibility index (Phi) is 2.40. The summed E-state index contributed by atoms with van der Waals surface area (Å²) in [5, 5.41) is 0. The van der Waals surface area contributed by atoms with Gasteiger partial charge in [0.25, 0.3) is 0 Å². The lowest BCUT2D eigenvalue weighted by molar-refractivity contribution is -0.143. The van der Waals surface area contributed by atoms with Gasteiger partial charge in [-0.05, 0) is 18.9 Å². The van der Waals surface area contributed by atoms with Gasteiger partial charge in [-0.1, -0.05) is 0 Å². The molecule has 0 radical (unpaired) electrons. The highest BCUT2D eigenvalue weighted by molar-refractivity contribution is 5.78. The van der Waals surface area contributed by atoms with Crippen LogP contribution in [0.1, 0.15) is 18.5 Å². The molecule has 1 fully saturated rings. The van der Waals surface area contributed by atoms with Crippen molar-refractivity contribution in [1.82, 2.24) is 9.97 Å². The van der Waals surface area contributed by atoms with Gasteiger partial charge >= 0.3 is 5.97 Å². The number of nitrogens with two attached hydrogens (primary N) is 1. The van der Waals surface area contributed by atoms with Gasteiger partial charge in [-0.3, -0.25) is 4.79 Å². The molecule has 1 unspecified atom stereocenters. The van der Waals surface area contributed by atoms with Crippen molar-refractivity contribution in [2.75, 3.05) is 7.11 Å². The van der Waals surface area contributed by atoms with Gasteiger partial charge in [0.15, 0.2) is 0 Å². The molecule has 80 valence electrons. The number of hydrogen-bond acceptors (Lipinski definition) is 5. The fourth-order valence-electron chi connectivity index (χ4n) is 1.80. The monoisotopic (exact) mass is 207 g/mol. The van der Waals surface area contributed by atoms with Crippen molar-refractivity contribution >= 4 is 5.97 Å². The van der Waals surface area contributed by atoms with Crippen molar-refractivity contribution in [3.63, 3.8) is 0 Å². The minimum absolute atomic E-state index is 0.323. The second kappa shape index (κ2) is 3.58. The largest absolute Gasteiger partial charge is 0.468 e. The van der Waals surface area contributed by atoms with Gasteiger partial charge in [0.1, 0.15) is 12.4 Å². The third-order valence-electron chi connectivity index (χ3n) is 2.93. The van der Waals surface area contributed by atoms with Crippen molar-refractivity contribution in [1.29, 1.82) is 0 Å². The number of carbonyl (C=O) groups is 1. The van der Waals surface area contributed by atoms with E-state index in [2.05, 4.69) is 14.7 Å². The van der Waals surface area contributed by atoms with Gasteiger partial charge in [-0.15, -0.1) is 0 Å². The number of ether oxygens (including phenoxy) is 1. The van der Waals surface area contributed by atoms with Gasteiger partial charge < -0.3 is 10.5 Å². The van der Waals surface area contributed by atoms with Gasteiger partial charge in [0.2, 0.25) is 0 Å². The maximum atomic E-state index is 11.4. The third kappa shape index (κ3) is 1.59. The van der Waals surface area contributed by atoms with Crippen molar-refractivity contribution in [2.45, 2.75) is 24.3 Å². The van der Waals surface area contributed by atoms with E-state index in [1.807, 2.05) is 0 Å². The summed E-state index contributed by atoms with van der Waals surface area (Å²) in [5.41, 5.74) is 6.37. The van der Waals surface area contributed by atoms with Crippen LogP contribution in [0.5, 0.6) is 0 Å². The van der Waals surface area contributed by atoms with Crippen molar-refractivity contribution < 1.29 is 9.53 Å². The van der Waals surface area contributed by atoms with Crippen molar-refractivity contribution in [2.24, 2.45) is 5.73 Å². The fraction of sp³-hybridized carbons (Fsp3) is 0.500. The Balaban J connectivity index is 2.25. The zero-order valence-corrected chi connectivity index (χ0v) is 8.51. The number of rotatable bonds is 3. The van der Waals surface area contributed by atoms with Crippen LogP contribution in [0.15, 0.2) is 18.6 Å². The van der Waals surface area contributed by atoms with Crippen LogP contribution in [0.4, 0.5) is 0 Å². The van der Waals surface area contributed by atoms with E-state index in [0.29, 0.717) is 0 Å².